The lowest BCUT2D eigenvalue weighted by Crippen LogP contribution is -2.35. The molecule has 2 aliphatic rings. The van der Waals surface area contributed by atoms with Crippen LogP contribution in [0.15, 0.2) is 0 Å². The molecular weight excluding hydrogens is 312 g/mol. The van der Waals surface area contributed by atoms with E-state index in [1.54, 1.807) is 0 Å². The Morgan fingerprint density at radius 2 is 1.81 bits per heavy atom. The van der Waals surface area contributed by atoms with Gasteiger partial charge >= 0.3 is 0 Å². The molecule has 0 spiro atoms. The number of halogens is 1. The fourth-order valence-corrected chi connectivity index (χ4v) is 5.32. The Kier molecular flexibility index (Phi) is 6.79. The molecule has 21 heavy (non-hydrogen) atoms. The lowest BCUT2D eigenvalue weighted by atomic mass is 9.83. The van der Waals surface area contributed by atoms with E-state index in [4.69, 9.17) is 20.2 Å². The van der Waals surface area contributed by atoms with Crippen LogP contribution in [-0.4, -0.2) is 40.1 Å². The first-order valence-corrected chi connectivity index (χ1v) is 10.6. The zero-order chi connectivity index (χ0) is 15.2. The predicted molar refractivity (Wildman–Crippen MR) is 84.2 cm³/mol. The number of ether oxygens (including phenoxy) is 2. The van der Waals surface area contributed by atoms with Gasteiger partial charge < -0.3 is 9.47 Å². The van der Waals surface area contributed by atoms with Crippen molar-refractivity contribution in [2.75, 3.05) is 25.6 Å². The summed E-state index contributed by atoms with van der Waals surface area (Å²) in [5.41, 5.74) is -0.300. The highest BCUT2D eigenvalue weighted by Crippen LogP contribution is 2.37. The lowest BCUT2D eigenvalue weighted by molar-refractivity contribution is -0.0581. The number of hydrogen-bond donors (Lipinski definition) is 0. The van der Waals surface area contributed by atoms with Gasteiger partial charge in [0.2, 0.25) is 9.05 Å². The normalized spacial score (nSPS) is 27.2. The monoisotopic (exact) mass is 338 g/mol. The highest BCUT2D eigenvalue weighted by molar-refractivity contribution is 8.13. The van der Waals surface area contributed by atoms with Crippen molar-refractivity contribution in [2.24, 2.45) is 5.41 Å². The highest BCUT2D eigenvalue weighted by atomic mass is 35.7. The number of rotatable bonds is 6. The zero-order valence-corrected chi connectivity index (χ0v) is 14.3. The minimum Gasteiger partial charge on any atom is -0.378 e. The second-order valence-corrected chi connectivity index (χ2v) is 9.38. The third-order valence-electron chi connectivity index (χ3n) is 4.63. The van der Waals surface area contributed by atoms with E-state index in [2.05, 4.69) is 0 Å². The SMILES string of the molecule is O=S(=O)(Cl)CC1(COCC2CCCCO2)CCCCCC1. The Morgan fingerprint density at radius 1 is 1.10 bits per heavy atom. The number of hydrogen-bond acceptors (Lipinski definition) is 4. The van der Waals surface area contributed by atoms with Crippen molar-refractivity contribution in [1.29, 1.82) is 0 Å². The molecular formula is C15H27ClO4S. The molecule has 4 nitrogen and oxygen atoms in total. The second-order valence-electron chi connectivity index (χ2n) is 6.60. The van der Waals surface area contributed by atoms with Crippen molar-refractivity contribution in [3.8, 4) is 0 Å². The van der Waals surface area contributed by atoms with Gasteiger partial charge in [0.15, 0.2) is 0 Å². The van der Waals surface area contributed by atoms with Crippen molar-refractivity contribution in [3.05, 3.63) is 0 Å². The molecule has 1 heterocycles. The molecule has 2 fully saturated rings. The molecule has 1 saturated carbocycles. The van der Waals surface area contributed by atoms with Crippen LogP contribution in [0, 0.1) is 5.41 Å². The summed E-state index contributed by atoms with van der Waals surface area (Å²) >= 11 is 0. The van der Waals surface area contributed by atoms with Crippen LogP contribution in [0.4, 0.5) is 0 Å². The van der Waals surface area contributed by atoms with Crippen LogP contribution in [0.2, 0.25) is 0 Å². The zero-order valence-electron chi connectivity index (χ0n) is 12.7. The van der Waals surface area contributed by atoms with Gasteiger partial charge in [-0.1, -0.05) is 25.7 Å². The van der Waals surface area contributed by atoms with E-state index in [-0.39, 0.29) is 17.3 Å². The topological polar surface area (TPSA) is 52.6 Å². The van der Waals surface area contributed by atoms with Crippen molar-refractivity contribution >= 4 is 19.7 Å². The van der Waals surface area contributed by atoms with E-state index >= 15 is 0 Å². The van der Waals surface area contributed by atoms with E-state index in [1.807, 2.05) is 0 Å². The Labute approximate surface area is 132 Å². The summed E-state index contributed by atoms with van der Waals surface area (Å²) < 4.78 is 34.7. The van der Waals surface area contributed by atoms with Gasteiger partial charge in [-0.05, 0) is 32.1 Å². The van der Waals surface area contributed by atoms with Gasteiger partial charge in [-0.2, -0.15) is 0 Å². The summed E-state index contributed by atoms with van der Waals surface area (Å²) in [6, 6.07) is 0. The van der Waals surface area contributed by atoms with Gasteiger partial charge in [-0.15, -0.1) is 0 Å². The van der Waals surface area contributed by atoms with Gasteiger partial charge in [-0.25, -0.2) is 8.42 Å². The molecule has 1 aliphatic heterocycles. The summed E-state index contributed by atoms with van der Waals surface area (Å²) in [6.07, 6.45) is 9.81. The standard InChI is InChI=1S/C15H27ClO4S/c16-21(17,18)13-15(8-4-1-2-5-9-15)12-19-11-14-7-3-6-10-20-14/h14H,1-13H2. The average molecular weight is 339 g/mol. The molecule has 0 amide bonds. The van der Waals surface area contributed by atoms with Crippen molar-refractivity contribution in [1.82, 2.24) is 0 Å². The molecule has 0 N–H and O–H groups in total. The predicted octanol–water partition coefficient (Wildman–Crippen LogP) is 3.48. The summed E-state index contributed by atoms with van der Waals surface area (Å²) in [7, 11) is 2.04. The molecule has 0 aromatic heterocycles. The summed E-state index contributed by atoms with van der Waals surface area (Å²) in [5, 5.41) is 0. The maximum absolute atomic E-state index is 11.6. The molecule has 0 aromatic carbocycles. The van der Waals surface area contributed by atoms with Crippen molar-refractivity contribution in [2.45, 2.75) is 63.9 Å². The fraction of sp³-hybridized carbons (Fsp3) is 1.00. The first kappa shape index (κ1) is 17.5. The molecule has 1 atom stereocenters. The molecule has 1 saturated heterocycles. The average Bonchev–Trinajstić information content (AvgIpc) is 2.64. The minimum atomic E-state index is -3.49. The van der Waals surface area contributed by atoms with Crippen LogP contribution in [-0.2, 0) is 18.5 Å². The van der Waals surface area contributed by atoms with Crippen molar-refractivity contribution < 1.29 is 17.9 Å². The van der Waals surface area contributed by atoms with E-state index in [0.717, 1.165) is 45.1 Å². The van der Waals surface area contributed by atoms with E-state index < -0.39 is 9.05 Å². The Balaban J connectivity index is 1.88. The molecule has 1 unspecified atom stereocenters. The summed E-state index contributed by atoms with van der Waals surface area (Å²) in [6.45, 7) is 1.87. The summed E-state index contributed by atoms with van der Waals surface area (Å²) in [4.78, 5) is 0. The van der Waals surface area contributed by atoms with E-state index in [1.165, 1.54) is 19.3 Å². The van der Waals surface area contributed by atoms with E-state index in [0.29, 0.717) is 13.2 Å². The van der Waals surface area contributed by atoms with Crippen LogP contribution < -0.4 is 0 Å². The van der Waals surface area contributed by atoms with Crippen LogP contribution in [0.25, 0.3) is 0 Å². The third-order valence-corrected chi connectivity index (χ3v) is 5.91. The molecule has 0 bridgehead atoms. The van der Waals surface area contributed by atoms with Gasteiger partial charge in [0, 0.05) is 22.7 Å². The Morgan fingerprint density at radius 3 is 2.38 bits per heavy atom. The second kappa shape index (κ2) is 8.14. The van der Waals surface area contributed by atoms with Crippen LogP contribution in [0.1, 0.15) is 57.8 Å². The lowest BCUT2D eigenvalue weighted by Gasteiger charge is -2.32. The van der Waals surface area contributed by atoms with Crippen LogP contribution in [0.3, 0.4) is 0 Å². The largest absolute Gasteiger partial charge is 0.378 e. The van der Waals surface area contributed by atoms with Gasteiger partial charge in [0.1, 0.15) is 0 Å². The van der Waals surface area contributed by atoms with Crippen molar-refractivity contribution in [3.63, 3.8) is 0 Å². The molecule has 1 aliphatic carbocycles. The molecule has 0 radical (unpaired) electrons. The van der Waals surface area contributed by atoms with Crippen LogP contribution in [0.5, 0.6) is 0 Å². The van der Waals surface area contributed by atoms with Gasteiger partial charge in [-0.3, -0.25) is 0 Å². The van der Waals surface area contributed by atoms with E-state index in [9.17, 15) is 8.42 Å². The molecule has 0 aromatic rings. The maximum atomic E-state index is 11.6. The Bertz CT molecular complexity index is 396. The Hall–Kier alpha value is 0.160. The molecule has 6 heteroatoms. The van der Waals surface area contributed by atoms with Gasteiger partial charge in [0.25, 0.3) is 0 Å². The first-order chi connectivity index (χ1) is 9.99. The first-order valence-electron chi connectivity index (χ1n) is 8.11. The van der Waals surface area contributed by atoms with Gasteiger partial charge in [0.05, 0.1) is 25.1 Å². The quantitative estimate of drug-likeness (QED) is 0.549. The van der Waals surface area contributed by atoms with Crippen LogP contribution >= 0.6 is 10.7 Å². The molecule has 2 rings (SSSR count). The fourth-order valence-electron chi connectivity index (χ4n) is 3.52. The smallest absolute Gasteiger partial charge is 0.233 e. The summed E-state index contributed by atoms with van der Waals surface area (Å²) in [5.74, 6) is 0.0348. The minimum absolute atomic E-state index is 0.0348. The maximum Gasteiger partial charge on any atom is 0.233 e. The third kappa shape index (κ3) is 6.43. The highest BCUT2D eigenvalue weighted by Gasteiger charge is 2.36. The molecule has 124 valence electrons.